The fourth-order valence-electron chi connectivity index (χ4n) is 3.69. The van der Waals surface area contributed by atoms with E-state index in [1.807, 2.05) is 19.2 Å². The predicted molar refractivity (Wildman–Crippen MR) is 65.5 cm³/mol. The molecule has 0 N–H and O–H groups in total. The second-order valence-corrected chi connectivity index (χ2v) is 5.67. The van der Waals surface area contributed by atoms with Gasteiger partial charge in [-0.15, -0.1) is 0 Å². The smallest absolute Gasteiger partial charge is 0.123 e. The first-order valence-corrected chi connectivity index (χ1v) is 6.49. The molecule has 92 valence electrons. The van der Waals surface area contributed by atoms with E-state index in [1.54, 1.807) is 12.1 Å². The van der Waals surface area contributed by atoms with Crippen molar-refractivity contribution in [3.05, 3.63) is 35.6 Å². The van der Waals surface area contributed by atoms with Gasteiger partial charge in [-0.25, -0.2) is 4.39 Å². The summed E-state index contributed by atoms with van der Waals surface area (Å²) >= 11 is 0. The summed E-state index contributed by atoms with van der Waals surface area (Å²) in [4.78, 5) is 0. The van der Waals surface area contributed by atoms with E-state index in [0.717, 1.165) is 19.3 Å². The van der Waals surface area contributed by atoms with Crippen LogP contribution in [0.15, 0.2) is 24.3 Å². The van der Waals surface area contributed by atoms with Gasteiger partial charge in [0.1, 0.15) is 5.82 Å². The first-order chi connectivity index (χ1) is 8.18. The molecule has 1 aromatic carbocycles. The van der Waals surface area contributed by atoms with Gasteiger partial charge in [0.15, 0.2) is 0 Å². The second-order valence-electron chi connectivity index (χ2n) is 5.67. The summed E-state index contributed by atoms with van der Waals surface area (Å²) in [6.07, 6.45) is 7.02. The average Bonchev–Trinajstić information content (AvgIpc) is 2.41. The zero-order chi connectivity index (χ0) is 11.9. The summed E-state index contributed by atoms with van der Waals surface area (Å²) < 4.78 is 18.7. The molecule has 0 heterocycles. The van der Waals surface area contributed by atoms with Crippen LogP contribution in [0.25, 0.3) is 0 Å². The lowest BCUT2D eigenvalue weighted by Gasteiger charge is -2.53. The minimum absolute atomic E-state index is 0.136. The first-order valence-electron chi connectivity index (χ1n) is 6.49. The summed E-state index contributed by atoms with van der Waals surface area (Å²) in [6, 6.07) is 7.13. The maximum Gasteiger partial charge on any atom is 0.123 e. The number of hydrogen-bond acceptors (Lipinski definition) is 1. The Morgan fingerprint density at radius 2 is 1.47 bits per heavy atom. The Morgan fingerprint density at radius 1 is 0.941 bits per heavy atom. The molecule has 0 saturated heterocycles. The summed E-state index contributed by atoms with van der Waals surface area (Å²) in [5.41, 5.74) is 1.78. The van der Waals surface area contributed by atoms with E-state index in [2.05, 4.69) is 0 Å². The molecule has 0 spiro atoms. The zero-order valence-electron chi connectivity index (χ0n) is 10.3. The van der Waals surface area contributed by atoms with Crippen molar-refractivity contribution in [2.45, 2.75) is 49.5 Å². The molecule has 3 saturated carbocycles. The first kappa shape index (κ1) is 11.2. The van der Waals surface area contributed by atoms with E-state index in [-0.39, 0.29) is 11.4 Å². The van der Waals surface area contributed by atoms with Gasteiger partial charge in [-0.1, -0.05) is 12.1 Å². The lowest BCUT2D eigenvalue weighted by atomic mass is 9.56. The Labute approximate surface area is 102 Å². The zero-order valence-corrected chi connectivity index (χ0v) is 10.3. The van der Waals surface area contributed by atoms with Gasteiger partial charge in [0, 0.05) is 7.11 Å². The number of benzene rings is 1. The van der Waals surface area contributed by atoms with Crippen LogP contribution in [0.4, 0.5) is 4.39 Å². The number of methoxy groups -OCH3 is 1. The monoisotopic (exact) mass is 234 g/mol. The molecule has 3 aliphatic rings. The van der Waals surface area contributed by atoms with Crippen molar-refractivity contribution in [1.29, 1.82) is 0 Å². The van der Waals surface area contributed by atoms with Crippen LogP contribution in [0.1, 0.15) is 44.1 Å². The van der Waals surface area contributed by atoms with Crippen molar-refractivity contribution in [3.8, 4) is 0 Å². The highest BCUT2D eigenvalue weighted by Gasteiger charge is 2.49. The molecule has 0 atom stereocenters. The average molecular weight is 234 g/mol. The van der Waals surface area contributed by atoms with Crippen LogP contribution in [0.2, 0.25) is 0 Å². The maximum absolute atomic E-state index is 13.0. The summed E-state index contributed by atoms with van der Waals surface area (Å²) in [5.74, 6) is -0.136. The molecule has 3 aliphatic carbocycles. The van der Waals surface area contributed by atoms with Crippen LogP contribution in [-0.4, -0.2) is 12.7 Å². The Kier molecular flexibility index (Phi) is 2.51. The van der Waals surface area contributed by atoms with Crippen LogP contribution < -0.4 is 0 Å². The van der Waals surface area contributed by atoms with E-state index < -0.39 is 0 Å². The molecule has 3 fully saturated rings. The number of ether oxygens (including phenoxy) is 1. The fraction of sp³-hybridized carbons (Fsp3) is 0.600. The summed E-state index contributed by atoms with van der Waals surface area (Å²) in [5, 5.41) is 0. The maximum atomic E-state index is 13.0. The van der Waals surface area contributed by atoms with Crippen LogP contribution in [0.5, 0.6) is 0 Å². The third-order valence-corrected chi connectivity index (χ3v) is 5.07. The quantitative estimate of drug-likeness (QED) is 0.756. The lowest BCUT2D eigenvalue weighted by molar-refractivity contribution is -0.0955. The number of hydrogen-bond donors (Lipinski definition) is 0. The van der Waals surface area contributed by atoms with Crippen LogP contribution >= 0.6 is 0 Å². The molecule has 1 nitrogen and oxygen atoms in total. The van der Waals surface area contributed by atoms with Crippen LogP contribution in [0.3, 0.4) is 0 Å². The van der Waals surface area contributed by atoms with E-state index in [9.17, 15) is 4.39 Å². The van der Waals surface area contributed by atoms with Gasteiger partial charge in [0.25, 0.3) is 0 Å². The highest BCUT2D eigenvalue weighted by Crippen LogP contribution is 2.54. The normalized spacial score (nSPS) is 36.1. The molecule has 1 aromatic rings. The Bertz CT molecular complexity index is 385. The van der Waals surface area contributed by atoms with Gasteiger partial charge in [-0.2, -0.15) is 0 Å². The summed E-state index contributed by atoms with van der Waals surface area (Å²) in [7, 11) is 1.84. The van der Waals surface area contributed by atoms with E-state index >= 15 is 0 Å². The molecule has 0 aliphatic heterocycles. The second kappa shape index (κ2) is 3.81. The largest absolute Gasteiger partial charge is 0.378 e. The molecule has 17 heavy (non-hydrogen) atoms. The van der Waals surface area contributed by atoms with Crippen molar-refractivity contribution in [2.24, 2.45) is 0 Å². The molecule has 4 rings (SSSR count). The number of halogens is 1. The molecular weight excluding hydrogens is 215 g/mol. The van der Waals surface area contributed by atoms with Crippen molar-refractivity contribution in [1.82, 2.24) is 0 Å². The van der Waals surface area contributed by atoms with Gasteiger partial charge in [0.05, 0.1) is 5.60 Å². The number of rotatable bonds is 2. The van der Waals surface area contributed by atoms with Crippen molar-refractivity contribution >= 4 is 0 Å². The highest BCUT2D eigenvalue weighted by atomic mass is 19.1. The van der Waals surface area contributed by atoms with Crippen molar-refractivity contribution in [3.63, 3.8) is 0 Å². The van der Waals surface area contributed by atoms with E-state index in [4.69, 9.17) is 4.74 Å². The molecule has 0 aromatic heterocycles. The number of fused-ring (bicyclic) bond motifs is 3. The van der Waals surface area contributed by atoms with E-state index in [0.29, 0.717) is 5.41 Å². The van der Waals surface area contributed by atoms with Crippen LogP contribution in [-0.2, 0) is 10.2 Å². The third-order valence-electron chi connectivity index (χ3n) is 5.07. The minimum atomic E-state index is -0.136. The highest BCUT2D eigenvalue weighted by molar-refractivity contribution is 5.29. The molecule has 0 radical (unpaired) electrons. The van der Waals surface area contributed by atoms with Gasteiger partial charge >= 0.3 is 0 Å². The fourth-order valence-corrected chi connectivity index (χ4v) is 3.69. The Balaban J connectivity index is 1.88. The SMILES string of the molecule is COC12CCC(c3ccc(F)cc3)(CC1)CC2. The Hall–Kier alpha value is -0.890. The molecular formula is C15H19FO. The lowest BCUT2D eigenvalue weighted by Crippen LogP contribution is -2.49. The minimum Gasteiger partial charge on any atom is -0.378 e. The van der Waals surface area contributed by atoms with Gasteiger partial charge < -0.3 is 4.74 Å². The van der Waals surface area contributed by atoms with Gasteiger partial charge in [-0.05, 0) is 61.6 Å². The van der Waals surface area contributed by atoms with Crippen molar-refractivity contribution in [2.75, 3.05) is 7.11 Å². The molecule has 0 amide bonds. The Morgan fingerprint density at radius 3 is 1.94 bits per heavy atom. The van der Waals surface area contributed by atoms with Gasteiger partial charge in [-0.3, -0.25) is 0 Å². The third kappa shape index (κ3) is 1.70. The van der Waals surface area contributed by atoms with Gasteiger partial charge in [0.2, 0.25) is 0 Å². The van der Waals surface area contributed by atoms with Crippen molar-refractivity contribution < 1.29 is 9.13 Å². The summed E-state index contributed by atoms with van der Waals surface area (Å²) in [6.45, 7) is 0. The standard InChI is InChI=1S/C15H19FO/c1-17-15-9-6-14(7-10-15,8-11-15)12-2-4-13(16)5-3-12/h2-5H,6-11H2,1H3. The molecule has 2 heteroatoms. The van der Waals surface area contributed by atoms with Crippen LogP contribution in [0, 0.1) is 5.82 Å². The molecule has 2 bridgehead atoms. The predicted octanol–water partition coefficient (Wildman–Crippen LogP) is 3.82. The topological polar surface area (TPSA) is 9.23 Å². The van der Waals surface area contributed by atoms with E-state index in [1.165, 1.54) is 24.8 Å². The molecule has 0 unspecified atom stereocenters.